The zero-order chi connectivity index (χ0) is 9.84. The van der Waals surface area contributed by atoms with E-state index >= 15 is 0 Å². The predicted octanol–water partition coefficient (Wildman–Crippen LogP) is 3.20. The highest BCUT2D eigenvalue weighted by Gasteiger charge is 2.20. The van der Waals surface area contributed by atoms with Crippen LogP contribution < -0.4 is 0 Å². The Bertz CT molecular complexity index is 199. The van der Waals surface area contributed by atoms with Crippen molar-refractivity contribution in [3.05, 3.63) is 24.4 Å². The summed E-state index contributed by atoms with van der Waals surface area (Å²) in [6, 6.07) is 0.786. The van der Waals surface area contributed by atoms with Gasteiger partial charge in [0.1, 0.15) is 0 Å². The highest BCUT2D eigenvalue weighted by Crippen LogP contribution is 2.25. The van der Waals surface area contributed by atoms with Gasteiger partial charge in [-0.3, -0.25) is 0 Å². The van der Waals surface area contributed by atoms with Gasteiger partial charge in [0.15, 0.2) is 0 Å². The van der Waals surface area contributed by atoms with Gasteiger partial charge in [-0.05, 0) is 30.8 Å². The predicted molar refractivity (Wildman–Crippen MR) is 58.5 cm³/mol. The first kappa shape index (κ1) is 10.4. The molecule has 0 amide bonds. The van der Waals surface area contributed by atoms with Crippen LogP contribution >= 0.6 is 0 Å². The minimum atomic E-state index is 0.583. The zero-order valence-electron chi connectivity index (χ0n) is 9.09. The smallest absolute Gasteiger partial charge is 0.0281 e. The van der Waals surface area contributed by atoms with Crippen molar-refractivity contribution >= 4 is 0 Å². The molecule has 0 atom stereocenters. The van der Waals surface area contributed by atoms with Gasteiger partial charge >= 0.3 is 0 Å². The van der Waals surface area contributed by atoms with E-state index < -0.39 is 0 Å². The third-order valence-corrected chi connectivity index (χ3v) is 2.91. The lowest BCUT2D eigenvalue weighted by Gasteiger charge is -2.34. The molecule has 1 nitrogen and oxygen atoms in total. The van der Waals surface area contributed by atoms with Gasteiger partial charge in [0.05, 0.1) is 0 Å². The number of hydrogen-bond acceptors (Lipinski definition) is 1. The summed E-state index contributed by atoms with van der Waals surface area (Å²) in [5.74, 6) is 0.583. The molecule has 1 aliphatic carbocycles. The van der Waals surface area contributed by atoms with Crippen molar-refractivity contribution in [2.45, 2.75) is 39.2 Å². The Morgan fingerprint density at radius 3 is 2.38 bits per heavy atom. The maximum absolute atomic E-state index is 3.84. The number of allylic oxidation sites excluding steroid dienone is 2. The molecule has 0 N–H and O–H groups in total. The molecule has 1 fully saturated rings. The van der Waals surface area contributed by atoms with Crippen LogP contribution in [0.1, 0.15) is 33.1 Å². The maximum Gasteiger partial charge on any atom is 0.0281 e. The van der Waals surface area contributed by atoms with E-state index in [4.69, 9.17) is 0 Å². The van der Waals surface area contributed by atoms with Gasteiger partial charge in [-0.25, -0.2) is 0 Å². The topological polar surface area (TPSA) is 3.24 Å². The van der Waals surface area contributed by atoms with Crippen molar-refractivity contribution in [1.82, 2.24) is 4.90 Å². The minimum absolute atomic E-state index is 0.583. The molecule has 0 aromatic heterocycles. The molecule has 0 unspecified atom stereocenters. The van der Waals surface area contributed by atoms with Crippen molar-refractivity contribution < 1.29 is 0 Å². The van der Waals surface area contributed by atoms with E-state index in [1.165, 1.54) is 24.8 Å². The van der Waals surface area contributed by atoms with Crippen molar-refractivity contribution in [2.75, 3.05) is 7.05 Å². The summed E-state index contributed by atoms with van der Waals surface area (Å²) in [6.45, 7) is 8.26. The Morgan fingerprint density at radius 1 is 1.46 bits per heavy atom. The van der Waals surface area contributed by atoms with Gasteiger partial charge in [0.25, 0.3) is 0 Å². The van der Waals surface area contributed by atoms with Crippen LogP contribution in [0.5, 0.6) is 0 Å². The Hall–Kier alpha value is -0.720. The highest BCUT2D eigenvalue weighted by molar-refractivity contribution is 5.17. The van der Waals surface area contributed by atoms with Crippen LogP contribution in [-0.2, 0) is 0 Å². The lowest BCUT2D eigenvalue weighted by Crippen LogP contribution is -2.33. The summed E-state index contributed by atoms with van der Waals surface area (Å²) in [6.07, 6.45) is 8.33. The van der Waals surface area contributed by atoms with Gasteiger partial charge in [-0.1, -0.05) is 26.5 Å². The van der Waals surface area contributed by atoms with E-state index in [0.717, 1.165) is 6.04 Å². The summed E-state index contributed by atoms with van der Waals surface area (Å²) in [7, 11) is 2.18. The molecule has 1 saturated carbocycles. The molecule has 1 aliphatic rings. The average Bonchev–Trinajstić information content (AvgIpc) is 1.96. The minimum Gasteiger partial charge on any atom is -0.377 e. The van der Waals surface area contributed by atoms with Gasteiger partial charge in [-0.15, -0.1) is 0 Å². The number of rotatable bonds is 4. The lowest BCUT2D eigenvalue weighted by atomic mass is 9.92. The molecule has 74 valence electrons. The molecular weight excluding hydrogens is 158 g/mol. The highest BCUT2D eigenvalue weighted by atomic mass is 15.1. The van der Waals surface area contributed by atoms with E-state index in [9.17, 15) is 0 Å². The molecule has 0 saturated heterocycles. The van der Waals surface area contributed by atoms with Crippen molar-refractivity contribution in [1.29, 1.82) is 0 Å². The SMILES string of the molecule is C=C/C(=C\N(C)C1CCC1)C(C)C. The molecule has 0 heterocycles. The van der Waals surface area contributed by atoms with Gasteiger partial charge in [0.2, 0.25) is 0 Å². The molecule has 0 bridgehead atoms. The van der Waals surface area contributed by atoms with E-state index in [-0.39, 0.29) is 0 Å². The first-order valence-corrected chi connectivity index (χ1v) is 5.21. The Kier molecular flexibility index (Phi) is 3.58. The summed E-state index contributed by atoms with van der Waals surface area (Å²) in [5.41, 5.74) is 1.34. The van der Waals surface area contributed by atoms with Crippen molar-refractivity contribution in [2.24, 2.45) is 5.92 Å². The molecule has 0 aromatic rings. The fourth-order valence-corrected chi connectivity index (χ4v) is 1.57. The molecule has 13 heavy (non-hydrogen) atoms. The Balaban J connectivity index is 2.54. The molecule has 1 heteroatoms. The zero-order valence-corrected chi connectivity index (χ0v) is 9.09. The first-order chi connectivity index (χ1) is 6.15. The van der Waals surface area contributed by atoms with Gasteiger partial charge in [-0.2, -0.15) is 0 Å². The number of hydrogen-bond donors (Lipinski definition) is 0. The Morgan fingerprint density at radius 2 is 2.08 bits per heavy atom. The summed E-state index contributed by atoms with van der Waals surface area (Å²) in [4.78, 5) is 2.35. The molecular formula is C12H21N. The van der Waals surface area contributed by atoms with Crippen molar-refractivity contribution in [3.8, 4) is 0 Å². The molecule has 1 rings (SSSR count). The summed E-state index contributed by atoms with van der Waals surface area (Å²) in [5, 5.41) is 0. The summed E-state index contributed by atoms with van der Waals surface area (Å²) >= 11 is 0. The third kappa shape index (κ3) is 2.61. The second-order valence-corrected chi connectivity index (χ2v) is 4.24. The molecule has 0 aliphatic heterocycles. The lowest BCUT2D eigenvalue weighted by molar-refractivity contribution is 0.215. The van der Waals surface area contributed by atoms with Crippen LogP contribution in [0, 0.1) is 5.92 Å². The summed E-state index contributed by atoms with van der Waals surface area (Å²) < 4.78 is 0. The van der Waals surface area contributed by atoms with Gasteiger partial charge in [0, 0.05) is 19.3 Å². The molecule has 0 aromatic carbocycles. The van der Waals surface area contributed by atoms with E-state index in [1.54, 1.807) is 0 Å². The van der Waals surface area contributed by atoms with Crippen LogP contribution in [0.4, 0.5) is 0 Å². The van der Waals surface area contributed by atoms with Gasteiger partial charge < -0.3 is 4.90 Å². The fourth-order valence-electron chi connectivity index (χ4n) is 1.57. The van der Waals surface area contributed by atoms with Crippen LogP contribution in [-0.4, -0.2) is 18.0 Å². The second-order valence-electron chi connectivity index (χ2n) is 4.24. The van der Waals surface area contributed by atoms with E-state index in [0.29, 0.717) is 5.92 Å². The van der Waals surface area contributed by atoms with Crippen LogP contribution in [0.3, 0.4) is 0 Å². The van der Waals surface area contributed by atoms with Crippen LogP contribution in [0.25, 0.3) is 0 Å². The van der Waals surface area contributed by atoms with E-state index in [1.807, 2.05) is 6.08 Å². The van der Waals surface area contributed by atoms with E-state index in [2.05, 4.69) is 38.6 Å². The quantitative estimate of drug-likeness (QED) is 0.599. The average molecular weight is 179 g/mol. The van der Waals surface area contributed by atoms with Crippen LogP contribution in [0.2, 0.25) is 0 Å². The normalized spacial score (nSPS) is 18.6. The number of nitrogens with zero attached hydrogens (tertiary/aromatic N) is 1. The largest absolute Gasteiger partial charge is 0.377 e. The third-order valence-electron chi connectivity index (χ3n) is 2.91. The Labute approximate surface area is 82.1 Å². The van der Waals surface area contributed by atoms with Crippen molar-refractivity contribution in [3.63, 3.8) is 0 Å². The molecule has 0 radical (unpaired) electrons. The standard InChI is InChI=1S/C12H21N/c1-5-11(10(2)3)9-13(4)12-7-6-8-12/h5,9-10,12H,1,6-8H2,2-4H3/b11-9+. The first-order valence-electron chi connectivity index (χ1n) is 5.21. The second kappa shape index (κ2) is 4.50. The fraction of sp³-hybridized carbons (Fsp3) is 0.667. The maximum atomic E-state index is 3.84. The van der Waals surface area contributed by atoms with Crippen LogP contribution in [0.15, 0.2) is 24.4 Å². The molecule has 0 spiro atoms. The monoisotopic (exact) mass is 179 g/mol.